The Morgan fingerprint density at radius 1 is 1.00 bits per heavy atom. The molecular formula is C17H17NO3. The Labute approximate surface area is 123 Å². The van der Waals surface area contributed by atoms with Crippen molar-refractivity contribution in [3.8, 4) is 5.75 Å². The number of rotatable bonds is 5. The molecule has 4 nitrogen and oxygen atoms in total. The van der Waals surface area contributed by atoms with E-state index in [1.54, 1.807) is 42.5 Å². The number of anilines is 1. The van der Waals surface area contributed by atoms with Crippen molar-refractivity contribution in [2.45, 2.75) is 13.8 Å². The summed E-state index contributed by atoms with van der Waals surface area (Å²) >= 11 is 0. The van der Waals surface area contributed by atoms with Crippen molar-refractivity contribution in [3.05, 3.63) is 59.7 Å². The van der Waals surface area contributed by atoms with E-state index in [0.717, 1.165) is 0 Å². The third-order valence-electron chi connectivity index (χ3n) is 2.99. The summed E-state index contributed by atoms with van der Waals surface area (Å²) in [6.07, 6.45) is 0. The Kier molecular flexibility index (Phi) is 4.72. The van der Waals surface area contributed by atoms with Crippen LogP contribution in [0.3, 0.4) is 0 Å². The van der Waals surface area contributed by atoms with Crippen molar-refractivity contribution in [2.75, 3.05) is 11.9 Å². The predicted molar refractivity (Wildman–Crippen MR) is 82.0 cm³/mol. The number of ether oxygens (including phenoxy) is 1. The van der Waals surface area contributed by atoms with Gasteiger partial charge in [-0.25, -0.2) is 0 Å². The molecule has 2 aromatic carbocycles. The molecule has 2 rings (SSSR count). The maximum absolute atomic E-state index is 12.4. The molecule has 0 aliphatic rings. The van der Waals surface area contributed by atoms with E-state index in [1.165, 1.54) is 6.92 Å². The standard InChI is InChI=1S/C17H17NO3/c1-3-21-16-11-7-5-9-14(16)17(20)18-15-10-6-4-8-13(15)12(2)19/h4-11H,3H2,1-2H3,(H,18,20). The lowest BCUT2D eigenvalue weighted by Gasteiger charge is -2.12. The molecule has 0 unspecified atom stereocenters. The average Bonchev–Trinajstić information content (AvgIpc) is 2.48. The van der Waals surface area contributed by atoms with Gasteiger partial charge in [0.25, 0.3) is 5.91 Å². The molecule has 0 atom stereocenters. The number of amides is 1. The number of para-hydroxylation sites is 2. The zero-order valence-corrected chi connectivity index (χ0v) is 12.1. The van der Waals surface area contributed by atoms with Crippen LogP contribution in [0.25, 0.3) is 0 Å². The molecule has 1 N–H and O–H groups in total. The Balaban J connectivity index is 2.29. The fourth-order valence-corrected chi connectivity index (χ4v) is 2.02. The predicted octanol–water partition coefficient (Wildman–Crippen LogP) is 3.54. The number of ketones is 1. The number of carbonyl (C=O) groups excluding carboxylic acids is 2. The first-order chi connectivity index (χ1) is 10.1. The second kappa shape index (κ2) is 6.70. The summed E-state index contributed by atoms with van der Waals surface area (Å²) in [4.78, 5) is 24.0. The second-order valence-corrected chi connectivity index (χ2v) is 4.49. The van der Waals surface area contributed by atoms with E-state index in [9.17, 15) is 9.59 Å². The minimum Gasteiger partial charge on any atom is -0.493 e. The van der Waals surface area contributed by atoms with Gasteiger partial charge in [-0.1, -0.05) is 24.3 Å². The zero-order chi connectivity index (χ0) is 15.2. The second-order valence-electron chi connectivity index (χ2n) is 4.49. The van der Waals surface area contributed by atoms with Gasteiger partial charge in [0.1, 0.15) is 5.75 Å². The summed E-state index contributed by atoms with van der Waals surface area (Å²) in [5.41, 5.74) is 1.43. The van der Waals surface area contributed by atoms with Crippen molar-refractivity contribution in [3.63, 3.8) is 0 Å². The maximum atomic E-state index is 12.4. The van der Waals surface area contributed by atoms with E-state index >= 15 is 0 Å². The monoisotopic (exact) mass is 283 g/mol. The Hall–Kier alpha value is -2.62. The number of carbonyl (C=O) groups is 2. The van der Waals surface area contributed by atoms with E-state index in [4.69, 9.17) is 4.74 Å². The van der Waals surface area contributed by atoms with Crippen molar-refractivity contribution >= 4 is 17.4 Å². The highest BCUT2D eigenvalue weighted by atomic mass is 16.5. The average molecular weight is 283 g/mol. The SMILES string of the molecule is CCOc1ccccc1C(=O)Nc1ccccc1C(C)=O. The summed E-state index contributed by atoms with van der Waals surface area (Å²) < 4.78 is 5.45. The molecule has 4 heteroatoms. The molecular weight excluding hydrogens is 266 g/mol. The maximum Gasteiger partial charge on any atom is 0.259 e. The van der Waals surface area contributed by atoms with Gasteiger partial charge in [0.15, 0.2) is 5.78 Å². The molecule has 0 spiro atoms. The fraction of sp³-hybridized carbons (Fsp3) is 0.176. The Bertz CT molecular complexity index is 665. The van der Waals surface area contributed by atoms with Crippen LogP contribution in [0.1, 0.15) is 34.6 Å². The summed E-state index contributed by atoms with van der Waals surface area (Å²) in [6, 6.07) is 14.0. The molecule has 0 saturated carbocycles. The first kappa shape index (κ1) is 14.8. The van der Waals surface area contributed by atoms with Gasteiger partial charge < -0.3 is 10.1 Å². The summed E-state index contributed by atoms with van der Waals surface area (Å²) in [5, 5.41) is 2.77. The molecule has 0 heterocycles. The smallest absolute Gasteiger partial charge is 0.259 e. The van der Waals surface area contributed by atoms with Gasteiger partial charge in [0, 0.05) is 5.56 Å². The van der Waals surface area contributed by atoms with Crippen LogP contribution in [0.4, 0.5) is 5.69 Å². The first-order valence-electron chi connectivity index (χ1n) is 6.76. The molecule has 0 aromatic heterocycles. The molecule has 0 fully saturated rings. The summed E-state index contributed by atoms with van der Waals surface area (Å²) in [6.45, 7) is 3.81. The van der Waals surface area contributed by atoms with Crippen LogP contribution < -0.4 is 10.1 Å². The van der Waals surface area contributed by atoms with E-state index in [-0.39, 0.29) is 11.7 Å². The van der Waals surface area contributed by atoms with Crippen LogP contribution in [0.2, 0.25) is 0 Å². The van der Waals surface area contributed by atoms with Crippen LogP contribution in [0, 0.1) is 0 Å². The lowest BCUT2D eigenvalue weighted by atomic mass is 10.1. The Morgan fingerprint density at radius 2 is 1.62 bits per heavy atom. The summed E-state index contributed by atoms with van der Waals surface area (Å²) in [5.74, 6) is 0.134. The van der Waals surface area contributed by atoms with E-state index in [1.807, 2.05) is 13.0 Å². The van der Waals surface area contributed by atoms with Crippen molar-refractivity contribution in [1.82, 2.24) is 0 Å². The number of hydrogen-bond donors (Lipinski definition) is 1. The molecule has 0 aliphatic carbocycles. The fourth-order valence-electron chi connectivity index (χ4n) is 2.02. The topological polar surface area (TPSA) is 55.4 Å². The number of nitrogens with one attached hydrogen (secondary N) is 1. The third kappa shape index (κ3) is 3.48. The third-order valence-corrected chi connectivity index (χ3v) is 2.99. The molecule has 0 radical (unpaired) electrons. The zero-order valence-electron chi connectivity index (χ0n) is 12.1. The molecule has 0 aliphatic heterocycles. The van der Waals surface area contributed by atoms with Crippen molar-refractivity contribution in [2.24, 2.45) is 0 Å². The van der Waals surface area contributed by atoms with Crippen LogP contribution in [0.15, 0.2) is 48.5 Å². The lowest BCUT2D eigenvalue weighted by molar-refractivity contribution is 0.101. The molecule has 2 aromatic rings. The van der Waals surface area contributed by atoms with Gasteiger partial charge >= 0.3 is 0 Å². The largest absolute Gasteiger partial charge is 0.493 e. The molecule has 108 valence electrons. The number of benzene rings is 2. The highest BCUT2D eigenvalue weighted by Gasteiger charge is 2.14. The molecule has 21 heavy (non-hydrogen) atoms. The van der Waals surface area contributed by atoms with Gasteiger partial charge in [-0.05, 0) is 38.1 Å². The number of hydrogen-bond acceptors (Lipinski definition) is 3. The van der Waals surface area contributed by atoms with Gasteiger partial charge in [-0.15, -0.1) is 0 Å². The lowest BCUT2D eigenvalue weighted by Crippen LogP contribution is -2.15. The minimum atomic E-state index is -0.298. The highest BCUT2D eigenvalue weighted by Crippen LogP contribution is 2.21. The normalized spacial score (nSPS) is 10.0. The van der Waals surface area contributed by atoms with Crippen LogP contribution in [-0.4, -0.2) is 18.3 Å². The molecule has 0 saturated heterocycles. The van der Waals surface area contributed by atoms with Crippen molar-refractivity contribution in [1.29, 1.82) is 0 Å². The van der Waals surface area contributed by atoms with Crippen LogP contribution >= 0.6 is 0 Å². The van der Waals surface area contributed by atoms with Gasteiger partial charge in [0.05, 0.1) is 17.9 Å². The minimum absolute atomic E-state index is 0.0935. The van der Waals surface area contributed by atoms with E-state index in [2.05, 4.69) is 5.32 Å². The van der Waals surface area contributed by atoms with E-state index in [0.29, 0.717) is 29.2 Å². The summed E-state index contributed by atoms with van der Waals surface area (Å²) in [7, 11) is 0. The Morgan fingerprint density at radius 3 is 2.29 bits per heavy atom. The van der Waals surface area contributed by atoms with Gasteiger partial charge in [-0.2, -0.15) is 0 Å². The van der Waals surface area contributed by atoms with Crippen LogP contribution in [0.5, 0.6) is 5.75 Å². The molecule has 1 amide bonds. The number of Topliss-reactive ketones (excluding diaryl/α,β-unsaturated/α-hetero) is 1. The van der Waals surface area contributed by atoms with Crippen LogP contribution in [-0.2, 0) is 0 Å². The van der Waals surface area contributed by atoms with E-state index < -0.39 is 0 Å². The quantitative estimate of drug-likeness (QED) is 0.854. The van der Waals surface area contributed by atoms with Crippen molar-refractivity contribution < 1.29 is 14.3 Å². The highest BCUT2D eigenvalue weighted by molar-refractivity contribution is 6.10. The molecule has 0 bridgehead atoms. The van der Waals surface area contributed by atoms with Gasteiger partial charge in [0.2, 0.25) is 0 Å². The van der Waals surface area contributed by atoms with Gasteiger partial charge in [-0.3, -0.25) is 9.59 Å². The first-order valence-corrected chi connectivity index (χ1v) is 6.76.